The number of nitrogens with one attached hydrogen (secondary N) is 1. The highest BCUT2D eigenvalue weighted by atomic mass is 127. The van der Waals surface area contributed by atoms with Crippen LogP contribution in [0.1, 0.15) is 18.1 Å². The predicted octanol–water partition coefficient (Wildman–Crippen LogP) is 2.59. The Morgan fingerprint density at radius 2 is 1.79 bits per heavy atom. The average molecular weight is 515 g/mol. The maximum Gasteiger partial charge on any atom is 0.193 e. The lowest BCUT2D eigenvalue weighted by molar-refractivity contribution is 0.0320. The minimum absolute atomic E-state index is 0. The summed E-state index contributed by atoms with van der Waals surface area (Å²) >= 11 is 0. The summed E-state index contributed by atoms with van der Waals surface area (Å²) in [5.74, 6) is 1.63. The average Bonchev–Trinajstić information content (AvgIpc) is 2.72. The monoisotopic (exact) mass is 515 g/mol. The van der Waals surface area contributed by atoms with Gasteiger partial charge in [0.2, 0.25) is 0 Å². The van der Waals surface area contributed by atoms with E-state index in [4.69, 9.17) is 4.74 Å². The van der Waals surface area contributed by atoms with Crippen molar-refractivity contribution in [2.45, 2.75) is 20.8 Å². The number of halogens is 1. The zero-order valence-electron chi connectivity index (χ0n) is 18.5. The van der Waals surface area contributed by atoms with Gasteiger partial charge in [-0.15, -0.1) is 24.0 Å². The van der Waals surface area contributed by atoms with Crippen LogP contribution in [0.5, 0.6) is 0 Å². The lowest BCUT2D eigenvalue weighted by Gasteiger charge is -2.38. The number of piperazine rings is 1. The van der Waals surface area contributed by atoms with Gasteiger partial charge >= 0.3 is 0 Å². The molecule has 1 aromatic rings. The first-order valence-corrected chi connectivity index (χ1v) is 10.7. The van der Waals surface area contributed by atoms with Crippen LogP contribution in [0.4, 0.5) is 5.69 Å². The fourth-order valence-corrected chi connectivity index (χ4v) is 4.12. The van der Waals surface area contributed by atoms with E-state index in [1.807, 2.05) is 7.05 Å². The van der Waals surface area contributed by atoms with Gasteiger partial charge in [0.05, 0.1) is 13.2 Å². The smallest absolute Gasteiger partial charge is 0.193 e. The minimum Gasteiger partial charge on any atom is -0.379 e. The van der Waals surface area contributed by atoms with E-state index in [0.29, 0.717) is 5.92 Å². The number of hydrogen-bond acceptors (Lipinski definition) is 4. The van der Waals surface area contributed by atoms with E-state index in [2.05, 4.69) is 64.0 Å². The second-order valence-corrected chi connectivity index (χ2v) is 8.14. The van der Waals surface area contributed by atoms with Crippen LogP contribution in [0.3, 0.4) is 0 Å². The Kier molecular flexibility index (Phi) is 9.98. The third-order valence-corrected chi connectivity index (χ3v) is 5.99. The maximum atomic E-state index is 5.44. The molecule has 3 rings (SSSR count). The summed E-state index contributed by atoms with van der Waals surface area (Å²) in [6, 6.07) is 6.61. The number of anilines is 1. The van der Waals surface area contributed by atoms with E-state index in [1.165, 1.54) is 16.8 Å². The van der Waals surface area contributed by atoms with Gasteiger partial charge in [0.25, 0.3) is 0 Å². The Morgan fingerprint density at radius 3 is 2.45 bits per heavy atom. The molecule has 0 aliphatic carbocycles. The summed E-state index contributed by atoms with van der Waals surface area (Å²) in [5, 5.41) is 3.60. The van der Waals surface area contributed by atoms with Gasteiger partial charge in [0.1, 0.15) is 0 Å². The number of nitrogens with zero attached hydrogens (tertiary/aromatic N) is 4. The first kappa shape index (κ1) is 24.2. The largest absolute Gasteiger partial charge is 0.379 e. The highest BCUT2D eigenvalue weighted by molar-refractivity contribution is 14.0. The number of benzene rings is 1. The Bertz CT molecular complexity index is 655. The highest BCUT2D eigenvalue weighted by Crippen LogP contribution is 2.23. The van der Waals surface area contributed by atoms with Gasteiger partial charge in [-0.3, -0.25) is 9.89 Å². The van der Waals surface area contributed by atoms with Crippen LogP contribution in [0.2, 0.25) is 0 Å². The van der Waals surface area contributed by atoms with Crippen molar-refractivity contribution in [3.8, 4) is 0 Å². The van der Waals surface area contributed by atoms with E-state index in [9.17, 15) is 0 Å². The zero-order valence-corrected chi connectivity index (χ0v) is 20.8. The second-order valence-electron chi connectivity index (χ2n) is 8.14. The van der Waals surface area contributed by atoms with Crippen molar-refractivity contribution in [1.82, 2.24) is 15.1 Å². The molecule has 2 aliphatic heterocycles. The Hall–Kier alpha value is -1.06. The van der Waals surface area contributed by atoms with Gasteiger partial charge in [-0.25, -0.2) is 0 Å². The van der Waals surface area contributed by atoms with Gasteiger partial charge in [0.15, 0.2) is 5.96 Å². The molecule has 1 N–H and O–H groups in total. The summed E-state index contributed by atoms with van der Waals surface area (Å²) in [7, 11) is 1.89. The fourth-order valence-electron chi connectivity index (χ4n) is 4.12. The van der Waals surface area contributed by atoms with E-state index in [1.54, 1.807) is 0 Å². The standard InChI is InChI=1S/C22H37N5O.HI/c1-18(17-25-12-14-28-15-13-25)16-24-22(23-4)27-10-8-26(9-11-27)21-7-5-6-19(2)20(21)3;/h5-7,18H,8-17H2,1-4H3,(H,23,24);1H. The van der Waals surface area contributed by atoms with Crippen molar-refractivity contribution in [2.75, 3.05) is 77.5 Å². The zero-order chi connectivity index (χ0) is 19.9. The molecule has 2 heterocycles. The summed E-state index contributed by atoms with van der Waals surface area (Å²) in [4.78, 5) is 11.9. The number of ether oxygens (including phenoxy) is 1. The second kappa shape index (κ2) is 12.0. The van der Waals surface area contributed by atoms with Crippen LogP contribution >= 0.6 is 24.0 Å². The Morgan fingerprint density at radius 1 is 1.10 bits per heavy atom. The van der Waals surface area contributed by atoms with Gasteiger partial charge < -0.3 is 19.9 Å². The van der Waals surface area contributed by atoms with Crippen LogP contribution in [0, 0.1) is 19.8 Å². The minimum atomic E-state index is 0. The molecule has 2 fully saturated rings. The molecule has 2 saturated heterocycles. The summed E-state index contributed by atoms with van der Waals surface area (Å²) in [6.45, 7) is 16.7. The summed E-state index contributed by atoms with van der Waals surface area (Å²) < 4.78 is 5.44. The van der Waals surface area contributed by atoms with Crippen molar-refractivity contribution < 1.29 is 4.74 Å². The third-order valence-electron chi connectivity index (χ3n) is 5.99. The third kappa shape index (κ3) is 6.72. The van der Waals surface area contributed by atoms with E-state index >= 15 is 0 Å². The van der Waals surface area contributed by atoms with Gasteiger partial charge in [-0.05, 0) is 37.0 Å². The molecular formula is C22H38IN5O. The van der Waals surface area contributed by atoms with Crippen LogP contribution in [-0.4, -0.2) is 88.4 Å². The van der Waals surface area contributed by atoms with Crippen molar-refractivity contribution in [1.29, 1.82) is 0 Å². The Labute approximate surface area is 193 Å². The maximum absolute atomic E-state index is 5.44. The molecule has 7 heteroatoms. The molecule has 2 aliphatic rings. The van der Waals surface area contributed by atoms with Crippen LogP contribution < -0.4 is 10.2 Å². The Balaban J connectivity index is 0.00000300. The van der Waals surface area contributed by atoms with Crippen molar-refractivity contribution in [3.63, 3.8) is 0 Å². The van der Waals surface area contributed by atoms with Gasteiger partial charge in [-0.1, -0.05) is 19.1 Å². The molecular weight excluding hydrogens is 477 g/mol. The molecule has 6 nitrogen and oxygen atoms in total. The predicted molar refractivity (Wildman–Crippen MR) is 133 cm³/mol. The quantitative estimate of drug-likeness (QED) is 0.371. The number of morpholine rings is 1. The normalized spacial score (nSPS) is 19.7. The molecule has 0 bridgehead atoms. The van der Waals surface area contributed by atoms with Crippen LogP contribution in [0.15, 0.2) is 23.2 Å². The van der Waals surface area contributed by atoms with E-state index in [0.717, 1.165) is 71.5 Å². The van der Waals surface area contributed by atoms with Crippen molar-refractivity contribution >= 4 is 35.6 Å². The molecule has 1 atom stereocenters. The molecule has 0 spiro atoms. The van der Waals surface area contributed by atoms with Crippen molar-refractivity contribution in [3.05, 3.63) is 29.3 Å². The van der Waals surface area contributed by atoms with E-state index < -0.39 is 0 Å². The number of hydrogen-bond donors (Lipinski definition) is 1. The topological polar surface area (TPSA) is 43.3 Å². The first-order chi connectivity index (χ1) is 13.6. The molecule has 0 amide bonds. The molecule has 29 heavy (non-hydrogen) atoms. The first-order valence-electron chi connectivity index (χ1n) is 10.7. The van der Waals surface area contributed by atoms with Crippen LogP contribution in [0.25, 0.3) is 0 Å². The number of guanidine groups is 1. The molecule has 0 saturated carbocycles. The summed E-state index contributed by atoms with van der Waals surface area (Å²) in [5.41, 5.74) is 4.14. The van der Waals surface area contributed by atoms with Gasteiger partial charge in [-0.2, -0.15) is 0 Å². The molecule has 1 aromatic carbocycles. The number of aliphatic imine (C=N–C) groups is 1. The summed E-state index contributed by atoms with van der Waals surface area (Å²) in [6.07, 6.45) is 0. The van der Waals surface area contributed by atoms with Gasteiger partial charge in [0, 0.05) is 65.1 Å². The lowest BCUT2D eigenvalue weighted by atomic mass is 10.1. The molecule has 0 aromatic heterocycles. The lowest BCUT2D eigenvalue weighted by Crippen LogP contribution is -2.53. The highest BCUT2D eigenvalue weighted by Gasteiger charge is 2.21. The molecule has 0 radical (unpaired) electrons. The number of aryl methyl sites for hydroxylation is 1. The van der Waals surface area contributed by atoms with Crippen LogP contribution in [-0.2, 0) is 4.74 Å². The van der Waals surface area contributed by atoms with E-state index in [-0.39, 0.29) is 24.0 Å². The molecule has 164 valence electrons. The van der Waals surface area contributed by atoms with Crippen molar-refractivity contribution in [2.24, 2.45) is 10.9 Å². The number of rotatable bonds is 5. The fraction of sp³-hybridized carbons (Fsp3) is 0.682. The SMILES string of the molecule is CN=C(NCC(C)CN1CCOCC1)N1CCN(c2cccc(C)c2C)CC1.I. The molecule has 1 unspecified atom stereocenters.